The van der Waals surface area contributed by atoms with Gasteiger partial charge in [0.2, 0.25) is 0 Å². The van der Waals surface area contributed by atoms with Crippen LogP contribution in [0.1, 0.15) is 32.1 Å². The van der Waals surface area contributed by atoms with Gasteiger partial charge in [-0.2, -0.15) is 0 Å². The maximum Gasteiger partial charge on any atom is 0.170 e. The molecule has 0 amide bonds. The molecular weight excluding hydrogens is 176 g/mol. The molecule has 0 saturated heterocycles. The lowest BCUT2D eigenvalue weighted by Crippen LogP contribution is -2.10. The van der Waals surface area contributed by atoms with E-state index in [1.807, 2.05) is 0 Å². The normalized spacial score (nSPS) is 22.5. The molecule has 0 bridgehead atoms. The lowest BCUT2D eigenvalue weighted by molar-refractivity contribution is 0.293. The van der Waals surface area contributed by atoms with Gasteiger partial charge in [-0.15, -0.1) is 0 Å². The van der Waals surface area contributed by atoms with Crippen molar-refractivity contribution >= 4 is 9.04 Å². The molecule has 1 rings (SSSR count). The molecule has 1 nitrogen and oxygen atoms in total. The second-order valence-corrected chi connectivity index (χ2v) is 6.64. The zero-order valence-corrected chi connectivity index (χ0v) is 10.1. The highest BCUT2D eigenvalue weighted by Crippen LogP contribution is 2.22. The average Bonchev–Trinajstić information content (AvgIpc) is 2.14. The molecule has 1 atom stereocenters. The first-order chi connectivity index (χ1) is 6.29. The van der Waals surface area contributed by atoms with Crippen molar-refractivity contribution in [3.8, 4) is 0 Å². The Balaban J connectivity index is 1.96. The molecule has 1 aliphatic carbocycles. The van der Waals surface area contributed by atoms with Crippen LogP contribution >= 0.6 is 0 Å². The summed E-state index contributed by atoms with van der Waals surface area (Å²) < 4.78 is 5.65. The fourth-order valence-corrected chi connectivity index (χ4v) is 2.45. The zero-order valence-electron chi connectivity index (χ0n) is 8.96. The topological polar surface area (TPSA) is 9.23 Å². The predicted molar refractivity (Wildman–Crippen MR) is 60.5 cm³/mol. The molecule has 0 radical (unpaired) electrons. The summed E-state index contributed by atoms with van der Waals surface area (Å²) in [5, 5.41) is 0. The minimum atomic E-state index is -0.759. The van der Waals surface area contributed by atoms with Crippen LogP contribution in [0, 0.1) is 5.92 Å². The van der Waals surface area contributed by atoms with Gasteiger partial charge in [-0.1, -0.05) is 12.2 Å². The van der Waals surface area contributed by atoms with Crippen LogP contribution in [0.3, 0.4) is 0 Å². The summed E-state index contributed by atoms with van der Waals surface area (Å²) in [5.74, 6) is 0.947. The van der Waals surface area contributed by atoms with Crippen molar-refractivity contribution in [2.45, 2.75) is 45.2 Å². The molecule has 76 valence electrons. The van der Waals surface area contributed by atoms with Crippen molar-refractivity contribution in [2.24, 2.45) is 5.92 Å². The van der Waals surface area contributed by atoms with Gasteiger partial charge in [0.05, 0.1) is 0 Å². The van der Waals surface area contributed by atoms with Crippen LogP contribution in [0.4, 0.5) is 0 Å². The van der Waals surface area contributed by atoms with E-state index in [1.54, 1.807) is 0 Å². The molecule has 1 unspecified atom stereocenters. The summed E-state index contributed by atoms with van der Waals surface area (Å²) >= 11 is 0. The Hall–Kier alpha value is -0.0831. The van der Waals surface area contributed by atoms with Crippen LogP contribution in [-0.4, -0.2) is 15.6 Å². The molecule has 0 aromatic rings. The fraction of sp³-hybridized carbons (Fsp3) is 0.818. The second kappa shape index (κ2) is 6.38. The minimum absolute atomic E-state index is 0.759. The molecule has 0 heterocycles. The first-order valence-corrected chi connectivity index (χ1v) is 8.33. The Morgan fingerprint density at radius 1 is 1.38 bits per heavy atom. The molecular formula is C11H22OSi. The van der Waals surface area contributed by atoms with Gasteiger partial charge in [-0.3, -0.25) is 0 Å². The van der Waals surface area contributed by atoms with Crippen molar-refractivity contribution in [2.75, 3.05) is 6.61 Å². The Kier molecular flexibility index (Phi) is 5.40. The minimum Gasteiger partial charge on any atom is -0.421 e. The van der Waals surface area contributed by atoms with E-state index in [4.69, 9.17) is 4.43 Å². The van der Waals surface area contributed by atoms with E-state index >= 15 is 0 Å². The van der Waals surface area contributed by atoms with Gasteiger partial charge in [0, 0.05) is 6.61 Å². The summed E-state index contributed by atoms with van der Waals surface area (Å²) in [7, 11) is -0.759. The SMILES string of the molecule is C[SiH](C)OCCCC1CC=CCC1. The van der Waals surface area contributed by atoms with Crippen LogP contribution in [0.25, 0.3) is 0 Å². The Labute approximate surface area is 83.9 Å². The molecule has 1 aliphatic rings. The van der Waals surface area contributed by atoms with Gasteiger partial charge in [0.25, 0.3) is 0 Å². The van der Waals surface area contributed by atoms with E-state index in [0.29, 0.717) is 0 Å². The third-order valence-corrected chi connectivity index (χ3v) is 3.49. The average molecular weight is 198 g/mol. The van der Waals surface area contributed by atoms with Crippen molar-refractivity contribution < 1.29 is 4.43 Å². The smallest absolute Gasteiger partial charge is 0.170 e. The van der Waals surface area contributed by atoms with E-state index in [2.05, 4.69) is 25.2 Å². The van der Waals surface area contributed by atoms with E-state index in [0.717, 1.165) is 12.5 Å². The highest BCUT2D eigenvalue weighted by atomic mass is 28.3. The second-order valence-electron chi connectivity index (χ2n) is 4.21. The molecule has 0 aliphatic heterocycles. The van der Waals surface area contributed by atoms with Crippen LogP contribution < -0.4 is 0 Å². The molecule has 13 heavy (non-hydrogen) atoms. The van der Waals surface area contributed by atoms with Gasteiger partial charge in [-0.25, -0.2) is 0 Å². The summed E-state index contributed by atoms with van der Waals surface area (Å²) in [6.45, 7) is 5.48. The van der Waals surface area contributed by atoms with Gasteiger partial charge < -0.3 is 4.43 Å². The maximum atomic E-state index is 5.65. The molecule has 0 saturated carbocycles. The number of hydrogen-bond donors (Lipinski definition) is 0. The highest BCUT2D eigenvalue weighted by molar-refractivity contribution is 6.48. The largest absolute Gasteiger partial charge is 0.421 e. The van der Waals surface area contributed by atoms with Crippen LogP contribution in [0.5, 0.6) is 0 Å². The Morgan fingerprint density at radius 3 is 2.85 bits per heavy atom. The number of hydrogen-bond acceptors (Lipinski definition) is 1. The van der Waals surface area contributed by atoms with Gasteiger partial charge in [0.15, 0.2) is 9.04 Å². The van der Waals surface area contributed by atoms with Crippen molar-refractivity contribution in [3.63, 3.8) is 0 Å². The Morgan fingerprint density at radius 2 is 2.23 bits per heavy atom. The number of rotatable bonds is 5. The van der Waals surface area contributed by atoms with E-state index < -0.39 is 9.04 Å². The van der Waals surface area contributed by atoms with Crippen LogP contribution in [-0.2, 0) is 4.43 Å². The third kappa shape index (κ3) is 5.27. The highest BCUT2D eigenvalue weighted by Gasteiger charge is 2.08. The van der Waals surface area contributed by atoms with Crippen molar-refractivity contribution in [1.82, 2.24) is 0 Å². The molecule has 2 heteroatoms. The van der Waals surface area contributed by atoms with Crippen LogP contribution in [0.15, 0.2) is 12.2 Å². The summed E-state index contributed by atoms with van der Waals surface area (Å²) in [5.41, 5.74) is 0. The monoisotopic (exact) mass is 198 g/mol. The van der Waals surface area contributed by atoms with Gasteiger partial charge in [-0.05, 0) is 51.1 Å². The quantitative estimate of drug-likeness (QED) is 0.375. The zero-order chi connectivity index (χ0) is 9.52. The molecule has 0 N–H and O–H groups in total. The van der Waals surface area contributed by atoms with E-state index in [-0.39, 0.29) is 0 Å². The van der Waals surface area contributed by atoms with E-state index in [9.17, 15) is 0 Å². The third-order valence-electron chi connectivity index (χ3n) is 2.59. The molecule has 0 aromatic carbocycles. The summed E-state index contributed by atoms with van der Waals surface area (Å²) in [6.07, 6.45) is 11.3. The van der Waals surface area contributed by atoms with Crippen molar-refractivity contribution in [1.29, 1.82) is 0 Å². The predicted octanol–water partition coefficient (Wildman–Crippen LogP) is 3.12. The Bertz CT molecular complexity index is 154. The molecule has 0 fully saturated rings. The fourth-order valence-electron chi connectivity index (χ4n) is 1.81. The molecule has 0 aromatic heterocycles. The standard InChI is InChI=1S/C11H22OSi/c1-13(2)12-10-6-9-11-7-4-3-5-8-11/h3-4,11,13H,5-10H2,1-2H3. The lowest BCUT2D eigenvalue weighted by atomic mass is 9.90. The first kappa shape index (κ1) is 11.0. The molecule has 0 spiro atoms. The van der Waals surface area contributed by atoms with Gasteiger partial charge in [0.1, 0.15) is 0 Å². The van der Waals surface area contributed by atoms with E-state index in [1.165, 1.54) is 32.1 Å². The number of allylic oxidation sites excluding steroid dienone is 2. The van der Waals surface area contributed by atoms with Crippen LogP contribution in [0.2, 0.25) is 13.1 Å². The lowest BCUT2D eigenvalue weighted by Gasteiger charge is -2.17. The first-order valence-electron chi connectivity index (χ1n) is 5.55. The van der Waals surface area contributed by atoms with Crippen molar-refractivity contribution in [3.05, 3.63) is 12.2 Å². The maximum absolute atomic E-state index is 5.65. The van der Waals surface area contributed by atoms with Gasteiger partial charge >= 0.3 is 0 Å². The summed E-state index contributed by atoms with van der Waals surface area (Å²) in [6, 6.07) is 0. The summed E-state index contributed by atoms with van der Waals surface area (Å²) in [4.78, 5) is 0.